The van der Waals surface area contributed by atoms with E-state index in [0.717, 1.165) is 25.7 Å². The van der Waals surface area contributed by atoms with Crippen LogP contribution in [-0.2, 0) is 4.79 Å². The van der Waals surface area contributed by atoms with E-state index < -0.39 is 0 Å². The van der Waals surface area contributed by atoms with E-state index >= 15 is 0 Å². The van der Waals surface area contributed by atoms with Crippen molar-refractivity contribution in [2.24, 2.45) is 5.92 Å². The van der Waals surface area contributed by atoms with Gasteiger partial charge in [-0.3, -0.25) is 4.79 Å². The summed E-state index contributed by atoms with van der Waals surface area (Å²) in [6, 6.07) is 10.8. The molecule has 1 aromatic rings. The van der Waals surface area contributed by atoms with Crippen LogP contribution in [0, 0.1) is 28.6 Å². The summed E-state index contributed by atoms with van der Waals surface area (Å²) >= 11 is 0. The molecule has 0 radical (unpaired) electrons. The Morgan fingerprint density at radius 2 is 1.82 bits per heavy atom. The van der Waals surface area contributed by atoms with Crippen LogP contribution in [0.15, 0.2) is 36.0 Å². The van der Waals surface area contributed by atoms with Crippen molar-refractivity contribution >= 4 is 17.3 Å². The number of hydrogen-bond donors (Lipinski definition) is 2. The standard InChI is InChI=1S/C17H18N4O/c18-10-13(11-19)12-20-15-7-4-8-16(9-15)21-17(22)14-5-2-1-3-6-14/h4,7-9,12,14,20H,1-3,5-6H2,(H,21,22). The predicted octanol–water partition coefficient (Wildman–Crippen LogP) is 3.55. The van der Waals surface area contributed by atoms with Gasteiger partial charge < -0.3 is 10.6 Å². The topological polar surface area (TPSA) is 88.7 Å². The molecule has 2 N–H and O–H groups in total. The highest BCUT2D eigenvalue weighted by molar-refractivity contribution is 5.93. The number of nitriles is 2. The van der Waals surface area contributed by atoms with Crippen LogP contribution in [0.2, 0.25) is 0 Å². The summed E-state index contributed by atoms with van der Waals surface area (Å²) < 4.78 is 0. The van der Waals surface area contributed by atoms with Crippen LogP contribution in [0.3, 0.4) is 0 Å². The van der Waals surface area contributed by atoms with Gasteiger partial charge in [-0.05, 0) is 31.0 Å². The Morgan fingerprint density at radius 3 is 2.50 bits per heavy atom. The van der Waals surface area contributed by atoms with Crippen LogP contribution in [0.25, 0.3) is 0 Å². The Morgan fingerprint density at radius 1 is 1.14 bits per heavy atom. The van der Waals surface area contributed by atoms with E-state index in [9.17, 15) is 4.79 Å². The molecule has 1 aromatic carbocycles. The number of allylic oxidation sites excluding steroid dienone is 1. The molecule has 5 nitrogen and oxygen atoms in total. The Hall–Kier alpha value is -2.79. The minimum atomic E-state index is -0.00311. The Bertz CT molecular complexity index is 629. The molecule has 112 valence electrons. The van der Waals surface area contributed by atoms with Crippen molar-refractivity contribution in [3.8, 4) is 12.1 Å². The Kier molecular flexibility index (Phi) is 5.57. The summed E-state index contributed by atoms with van der Waals surface area (Å²) in [5.41, 5.74) is 1.42. The van der Waals surface area contributed by atoms with Crippen LogP contribution in [-0.4, -0.2) is 5.91 Å². The third-order valence-corrected chi connectivity index (χ3v) is 3.73. The lowest BCUT2D eigenvalue weighted by atomic mass is 9.88. The molecule has 0 aliphatic heterocycles. The van der Waals surface area contributed by atoms with Gasteiger partial charge in [0.05, 0.1) is 0 Å². The van der Waals surface area contributed by atoms with Gasteiger partial charge in [0.1, 0.15) is 17.7 Å². The monoisotopic (exact) mass is 294 g/mol. The molecule has 5 heteroatoms. The summed E-state index contributed by atoms with van der Waals surface area (Å²) in [6.45, 7) is 0. The molecule has 22 heavy (non-hydrogen) atoms. The zero-order valence-corrected chi connectivity index (χ0v) is 12.3. The fraction of sp³-hybridized carbons (Fsp3) is 0.353. The number of amides is 1. The first-order valence-electron chi connectivity index (χ1n) is 7.41. The Balaban J connectivity index is 1.99. The summed E-state index contributed by atoms with van der Waals surface area (Å²) in [5.74, 6) is 0.177. The molecule has 2 rings (SSSR count). The first-order valence-corrected chi connectivity index (χ1v) is 7.41. The zero-order valence-electron chi connectivity index (χ0n) is 12.3. The number of nitrogens with one attached hydrogen (secondary N) is 2. The number of hydrogen-bond acceptors (Lipinski definition) is 4. The minimum absolute atomic E-state index is 0.00311. The van der Waals surface area contributed by atoms with Gasteiger partial charge in [0.25, 0.3) is 0 Å². The number of carbonyl (C=O) groups excluding carboxylic acids is 1. The molecule has 0 atom stereocenters. The molecule has 1 aliphatic rings. The Labute approximate surface area is 130 Å². The smallest absolute Gasteiger partial charge is 0.227 e. The molecule has 0 bridgehead atoms. The fourth-order valence-corrected chi connectivity index (χ4v) is 2.54. The van der Waals surface area contributed by atoms with Gasteiger partial charge in [-0.15, -0.1) is 0 Å². The maximum Gasteiger partial charge on any atom is 0.227 e. The lowest BCUT2D eigenvalue weighted by Crippen LogP contribution is -2.24. The van der Waals surface area contributed by atoms with Gasteiger partial charge in [-0.2, -0.15) is 10.5 Å². The van der Waals surface area contributed by atoms with E-state index in [0.29, 0.717) is 11.4 Å². The van der Waals surface area contributed by atoms with Crippen molar-refractivity contribution in [2.75, 3.05) is 10.6 Å². The highest BCUT2D eigenvalue weighted by atomic mass is 16.1. The molecule has 1 aliphatic carbocycles. The molecule has 1 amide bonds. The van der Waals surface area contributed by atoms with E-state index in [1.807, 2.05) is 12.1 Å². The summed E-state index contributed by atoms with van der Waals surface area (Å²) in [7, 11) is 0. The highest BCUT2D eigenvalue weighted by Gasteiger charge is 2.20. The van der Waals surface area contributed by atoms with Gasteiger partial charge in [-0.25, -0.2) is 0 Å². The highest BCUT2D eigenvalue weighted by Crippen LogP contribution is 2.25. The van der Waals surface area contributed by atoms with Crippen LogP contribution in [0.1, 0.15) is 32.1 Å². The maximum atomic E-state index is 12.2. The first-order chi connectivity index (χ1) is 10.7. The van der Waals surface area contributed by atoms with Crippen LogP contribution >= 0.6 is 0 Å². The number of benzene rings is 1. The predicted molar refractivity (Wildman–Crippen MR) is 84.6 cm³/mol. The first kappa shape index (κ1) is 15.6. The molecule has 1 saturated carbocycles. The van der Waals surface area contributed by atoms with Crippen LogP contribution < -0.4 is 10.6 Å². The van der Waals surface area contributed by atoms with Crippen molar-refractivity contribution in [2.45, 2.75) is 32.1 Å². The van der Waals surface area contributed by atoms with Gasteiger partial charge in [-0.1, -0.05) is 25.3 Å². The van der Waals surface area contributed by atoms with Crippen molar-refractivity contribution in [1.29, 1.82) is 10.5 Å². The van der Waals surface area contributed by atoms with E-state index in [4.69, 9.17) is 10.5 Å². The summed E-state index contributed by atoms with van der Waals surface area (Å²) in [6.07, 6.45) is 6.73. The van der Waals surface area contributed by atoms with E-state index in [-0.39, 0.29) is 17.4 Å². The maximum absolute atomic E-state index is 12.2. The van der Waals surface area contributed by atoms with Crippen molar-refractivity contribution in [3.05, 3.63) is 36.0 Å². The van der Waals surface area contributed by atoms with Crippen LogP contribution in [0.5, 0.6) is 0 Å². The number of carbonyl (C=O) groups is 1. The van der Waals surface area contributed by atoms with Gasteiger partial charge in [0.15, 0.2) is 0 Å². The van der Waals surface area contributed by atoms with E-state index in [2.05, 4.69) is 10.6 Å². The molecular weight excluding hydrogens is 276 g/mol. The lowest BCUT2D eigenvalue weighted by molar-refractivity contribution is -0.120. The van der Waals surface area contributed by atoms with E-state index in [1.54, 1.807) is 24.3 Å². The van der Waals surface area contributed by atoms with Crippen molar-refractivity contribution in [1.82, 2.24) is 0 Å². The molecule has 1 fully saturated rings. The number of rotatable bonds is 4. The molecule has 0 aromatic heterocycles. The average molecular weight is 294 g/mol. The van der Waals surface area contributed by atoms with Crippen LogP contribution in [0.4, 0.5) is 11.4 Å². The third-order valence-electron chi connectivity index (χ3n) is 3.73. The third kappa shape index (κ3) is 4.36. The molecule has 0 unspecified atom stereocenters. The van der Waals surface area contributed by atoms with Gasteiger partial charge >= 0.3 is 0 Å². The SMILES string of the molecule is N#CC(C#N)=CNc1cccc(NC(=O)C2CCCCC2)c1. The second kappa shape index (κ2) is 7.85. The lowest BCUT2D eigenvalue weighted by Gasteiger charge is -2.20. The number of nitrogens with zero attached hydrogens (tertiary/aromatic N) is 2. The van der Waals surface area contributed by atoms with Crippen molar-refractivity contribution < 1.29 is 4.79 Å². The second-order valence-electron chi connectivity index (χ2n) is 5.33. The van der Waals surface area contributed by atoms with Gasteiger partial charge in [0, 0.05) is 23.5 Å². The number of anilines is 2. The summed E-state index contributed by atoms with van der Waals surface area (Å²) in [4.78, 5) is 12.2. The van der Waals surface area contributed by atoms with Crippen molar-refractivity contribution in [3.63, 3.8) is 0 Å². The van der Waals surface area contributed by atoms with E-state index in [1.165, 1.54) is 12.6 Å². The van der Waals surface area contributed by atoms with Gasteiger partial charge in [0.2, 0.25) is 5.91 Å². The second-order valence-corrected chi connectivity index (χ2v) is 5.33. The minimum Gasteiger partial charge on any atom is -0.360 e. The fourth-order valence-electron chi connectivity index (χ4n) is 2.54. The molecular formula is C17H18N4O. The largest absolute Gasteiger partial charge is 0.360 e. The summed E-state index contributed by atoms with van der Waals surface area (Å²) in [5, 5.41) is 23.2. The molecule has 0 saturated heterocycles. The normalized spacial score (nSPS) is 14.3. The average Bonchev–Trinajstić information content (AvgIpc) is 2.57. The molecule has 0 heterocycles. The zero-order chi connectivity index (χ0) is 15.8. The molecule has 0 spiro atoms. The quantitative estimate of drug-likeness (QED) is 0.831.